The molecular formula is C22H26N2O6. The first-order valence-electron chi connectivity index (χ1n) is 9.99. The van der Waals surface area contributed by atoms with Crippen LogP contribution in [-0.2, 0) is 0 Å². The number of aromatic hydroxyl groups is 2. The maximum absolute atomic E-state index is 13.3. The van der Waals surface area contributed by atoms with Crippen LogP contribution in [0.15, 0.2) is 12.1 Å². The van der Waals surface area contributed by atoms with Crippen molar-refractivity contribution in [1.82, 2.24) is 0 Å². The molecular weight excluding hydrogens is 388 g/mol. The van der Waals surface area contributed by atoms with Crippen molar-refractivity contribution >= 4 is 22.9 Å². The largest absolute Gasteiger partial charge is 0.504 e. The number of fused-ring (bicyclic) bond motifs is 2. The molecule has 0 unspecified atom stereocenters. The molecule has 1 aliphatic rings. The van der Waals surface area contributed by atoms with Crippen LogP contribution >= 0.6 is 0 Å². The zero-order valence-electron chi connectivity index (χ0n) is 17.1. The van der Waals surface area contributed by atoms with Crippen LogP contribution in [0.1, 0.15) is 71.4 Å². The van der Waals surface area contributed by atoms with Gasteiger partial charge in [-0.1, -0.05) is 26.7 Å². The van der Waals surface area contributed by atoms with Crippen molar-refractivity contribution in [1.29, 1.82) is 0 Å². The number of nitrogen functional groups attached to an aromatic ring is 2. The third-order valence-electron chi connectivity index (χ3n) is 5.01. The van der Waals surface area contributed by atoms with Gasteiger partial charge in [0.05, 0.1) is 35.5 Å². The number of nitrogens with two attached hydrogens (primary N) is 2. The summed E-state index contributed by atoms with van der Waals surface area (Å²) in [7, 11) is 0. The highest BCUT2D eigenvalue weighted by Crippen LogP contribution is 2.47. The predicted octanol–water partition coefficient (Wildman–Crippen LogP) is 3.40. The number of unbranched alkanes of at least 4 members (excludes halogenated alkanes) is 2. The van der Waals surface area contributed by atoms with Crippen molar-refractivity contribution in [3.05, 3.63) is 34.4 Å². The molecule has 6 N–H and O–H groups in total. The monoisotopic (exact) mass is 414 g/mol. The normalized spacial score (nSPS) is 12.5. The van der Waals surface area contributed by atoms with Gasteiger partial charge in [-0.15, -0.1) is 0 Å². The van der Waals surface area contributed by atoms with E-state index in [4.69, 9.17) is 20.9 Å². The predicted molar refractivity (Wildman–Crippen MR) is 113 cm³/mol. The topological polar surface area (TPSA) is 145 Å². The van der Waals surface area contributed by atoms with Gasteiger partial charge in [-0.3, -0.25) is 9.59 Å². The molecule has 0 radical (unpaired) electrons. The number of hydrogen-bond donors (Lipinski definition) is 4. The Labute approximate surface area is 174 Å². The number of hydrogen-bond acceptors (Lipinski definition) is 8. The van der Waals surface area contributed by atoms with Crippen molar-refractivity contribution in [2.45, 2.75) is 39.5 Å². The van der Waals surface area contributed by atoms with Crippen molar-refractivity contribution in [2.24, 2.45) is 0 Å². The summed E-state index contributed by atoms with van der Waals surface area (Å²) in [6.07, 6.45) is 3.23. The lowest BCUT2D eigenvalue weighted by Crippen LogP contribution is -2.24. The van der Waals surface area contributed by atoms with E-state index in [2.05, 4.69) is 0 Å². The van der Waals surface area contributed by atoms with Gasteiger partial charge in [-0.2, -0.15) is 0 Å². The number of carbonyl (C=O) groups excluding carboxylic acids is 2. The molecule has 0 saturated carbocycles. The first-order chi connectivity index (χ1) is 14.3. The Hall–Kier alpha value is -3.42. The van der Waals surface area contributed by atoms with Gasteiger partial charge >= 0.3 is 0 Å². The maximum atomic E-state index is 13.3. The van der Waals surface area contributed by atoms with Crippen LogP contribution < -0.4 is 20.9 Å². The lowest BCUT2D eigenvalue weighted by atomic mass is 9.81. The summed E-state index contributed by atoms with van der Waals surface area (Å²) in [5, 5.41) is 21.4. The third-order valence-corrected chi connectivity index (χ3v) is 5.01. The second-order valence-corrected chi connectivity index (χ2v) is 7.19. The average Bonchev–Trinajstić information content (AvgIpc) is 2.70. The van der Waals surface area contributed by atoms with Crippen LogP contribution in [-0.4, -0.2) is 35.0 Å². The number of phenolic OH excluding ortho intramolecular Hbond substituents is 2. The van der Waals surface area contributed by atoms with Gasteiger partial charge in [0.15, 0.2) is 28.8 Å². The molecule has 8 heteroatoms. The number of rotatable bonds is 8. The number of anilines is 2. The molecule has 0 fully saturated rings. The van der Waals surface area contributed by atoms with E-state index in [1.807, 2.05) is 13.8 Å². The molecule has 30 heavy (non-hydrogen) atoms. The van der Waals surface area contributed by atoms with Gasteiger partial charge in [-0.25, -0.2) is 0 Å². The molecule has 1 aliphatic carbocycles. The van der Waals surface area contributed by atoms with E-state index in [9.17, 15) is 19.8 Å². The van der Waals surface area contributed by atoms with Crippen LogP contribution in [0, 0.1) is 0 Å². The highest BCUT2D eigenvalue weighted by molar-refractivity contribution is 6.33. The van der Waals surface area contributed by atoms with Gasteiger partial charge in [0.25, 0.3) is 0 Å². The molecule has 0 bridgehead atoms. The first-order valence-corrected chi connectivity index (χ1v) is 9.99. The summed E-state index contributed by atoms with van der Waals surface area (Å²) in [4.78, 5) is 26.4. The number of ether oxygens (including phenoxy) is 2. The summed E-state index contributed by atoms with van der Waals surface area (Å²) in [5.41, 5.74) is 11.1. The zero-order valence-corrected chi connectivity index (χ0v) is 17.1. The molecule has 2 aromatic carbocycles. The fourth-order valence-corrected chi connectivity index (χ4v) is 3.39. The number of phenols is 2. The first kappa shape index (κ1) is 21.3. The molecule has 0 amide bonds. The Morgan fingerprint density at radius 3 is 1.47 bits per heavy atom. The number of carbonyl (C=O) groups is 2. The summed E-state index contributed by atoms with van der Waals surface area (Å²) in [6.45, 7) is 4.59. The molecule has 160 valence electrons. The summed E-state index contributed by atoms with van der Waals surface area (Å²) < 4.78 is 11.1. The minimum Gasteiger partial charge on any atom is -0.504 e. The van der Waals surface area contributed by atoms with E-state index in [1.54, 1.807) is 0 Å². The Morgan fingerprint density at radius 2 is 1.10 bits per heavy atom. The highest BCUT2D eigenvalue weighted by atomic mass is 16.5. The van der Waals surface area contributed by atoms with Crippen LogP contribution in [0.5, 0.6) is 23.0 Å². The smallest absolute Gasteiger partial charge is 0.202 e. The SMILES string of the molecule is CCCCOc1cc(N)c2c(c1O)C(=O)c1c(O)c(OCCCC)cc(N)c1C2=O. The van der Waals surface area contributed by atoms with Crippen molar-refractivity contribution in [2.75, 3.05) is 24.7 Å². The second-order valence-electron chi connectivity index (χ2n) is 7.19. The average molecular weight is 414 g/mol. The van der Waals surface area contributed by atoms with Crippen LogP contribution in [0.2, 0.25) is 0 Å². The molecule has 0 atom stereocenters. The zero-order chi connectivity index (χ0) is 22.0. The van der Waals surface area contributed by atoms with Gasteiger partial charge in [0, 0.05) is 23.5 Å². The van der Waals surface area contributed by atoms with Gasteiger partial charge < -0.3 is 31.2 Å². The maximum Gasteiger partial charge on any atom is 0.202 e. The van der Waals surface area contributed by atoms with Crippen molar-refractivity contribution < 1.29 is 29.3 Å². The van der Waals surface area contributed by atoms with Crippen LogP contribution in [0.4, 0.5) is 11.4 Å². The molecule has 0 aliphatic heterocycles. The summed E-state index contributed by atoms with van der Waals surface area (Å²) in [6, 6.07) is 2.64. The Kier molecular flexibility index (Phi) is 6.05. The summed E-state index contributed by atoms with van der Waals surface area (Å²) >= 11 is 0. The fourth-order valence-electron chi connectivity index (χ4n) is 3.39. The quantitative estimate of drug-likeness (QED) is 0.249. The van der Waals surface area contributed by atoms with E-state index in [0.29, 0.717) is 13.2 Å². The minimum atomic E-state index is -0.769. The van der Waals surface area contributed by atoms with Crippen LogP contribution in [0.25, 0.3) is 0 Å². The Bertz CT molecular complexity index is 938. The molecule has 0 saturated heterocycles. The lowest BCUT2D eigenvalue weighted by molar-refractivity contribution is 0.0974. The number of ketones is 2. The third kappa shape index (κ3) is 3.49. The molecule has 2 aromatic rings. The highest BCUT2D eigenvalue weighted by Gasteiger charge is 2.39. The van der Waals surface area contributed by atoms with Crippen molar-refractivity contribution in [3.8, 4) is 23.0 Å². The van der Waals surface area contributed by atoms with E-state index in [-0.39, 0.29) is 45.1 Å². The summed E-state index contributed by atoms with van der Waals surface area (Å²) in [5.74, 6) is -2.39. The molecule has 0 aromatic heterocycles. The van der Waals surface area contributed by atoms with E-state index >= 15 is 0 Å². The van der Waals surface area contributed by atoms with E-state index in [1.165, 1.54) is 12.1 Å². The number of benzene rings is 2. The lowest BCUT2D eigenvalue weighted by Gasteiger charge is -2.24. The molecule has 3 rings (SSSR count). The molecule has 0 spiro atoms. The minimum absolute atomic E-state index is 0.00659. The van der Waals surface area contributed by atoms with Crippen LogP contribution in [0.3, 0.4) is 0 Å². The van der Waals surface area contributed by atoms with Gasteiger partial charge in [0.2, 0.25) is 5.78 Å². The Morgan fingerprint density at radius 1 is 0.733 bits per heavy atom. The second kappa shape index (κ2) is 8.52. The molecule has 8 nitrogen and oxygen atoms in total. The van der Waals surface area contributed by atoms with Crippen molar-refractivity contribution in [3.63, 3.8) is 0 Å². The Balaban J connectivity index is 2.14. The molecule has 0 heterocycles. The van der Waals surface area contributed by atoms with Gasteiger partial charge in [0.1, 0.15) is 0 Å². The van der Waals surface area contributed by atoms with Gasteiger partial charge in [-0.05, 0) is 12.8 Å². The van der Waals surface area contributed by atoms with E-state index in [0.717, 1.165) is 25.7 Å². The van der Waals surface area contributed by atoms with E-state index < -0.39 is 23.1 Å². The fraction of sp³-hybridized carbons (Fsp3) is 0.364. The standard InChI is InChI=1S/C22H26N2O6/c1-3-5-7-29-13-9-11(23)15-17(19(13)25)22(28)18-16(21(15)27)12(24)10-14(20(18)26)30-8-6-4-2/h9-10,25-26H,3-8,23-24H2,1-2H3.